The van der Waals surface area contributed by atoms with Gasteiger partial charge in [-0.05, 0) is 31.9 Å². The van der Waals surface area contributed by atoms with Gasteiger partial charge in [-0.3, -0.25) is 4.79 Å². The van der Waals surface area contributed by atoms with Crippen LogP contribution in [-0.4, -0.2) is 47.7 Å². The van der Waals surface area contributed by atoms with E-state index >= 15 is 0 Å². The summed E-state index contributed by atoms with van der Waals surface area (Å²) in [6.07, 6.45) is 2.22. The molecular weight excluding hydrogens is 372 g/mol. The average molecular weight is 395 g/mol. The molecule has 1 saturated heterocycles. The van der Waals surface area contributed by atoms with Crippen molar-refractivity contribution in [2.75, 3.05) is 25.6 Å². The highest BCUT2D eigenvalue weighted by Gasteiger charge is 2.20. The minimum absolute atomic E-state index is 0.0139. The third kappa shape index (κ3) is 5.09. The summed E-state index contributed by atoms with van der Waals surface area (Å²) in [6, 6.07) is 7.61. The van der Waals surface area contributed by atoms with E-state index in [2.05, 4.69) is 20.8 Å². The molecule has 2 aromatic rings. The number of thioether (sulfide) groups is 1. The molecule has 0 saturated carbocycles. The molecule has 2 heterocycles. The zero-order valence-corrected chi connectivity index (χ0v) is 16.4. The Kier molecular flexibility index (Phi) is 6.70. The van der Waals surface area contributed by atoms with Crippen LogP contribution in [0.3, 0.4) is 0 Å². The first kappa shape index (κ1) is 18.9. The number of rotatable bonds is 8. The van der Waals surface area contributed by atoms with Gasteiger partial charge in [-0.2, -0.15) is 0 Å². The van der Waals surface area contributed by atoms with Crippen LogP contribution in [0, 0.1) is 0 Å². The van der Waals surface area contributed by atoms with E-state index in [1.54, 1.807) is 7.11 Å². The van der Waals surface area contributed by atoms with Crippen molar-refractivity contribution >= 4 is 39.8 Å². The Morgan fingerprint density at radius 3 is 3.08 bits per heavy atom. The first-order valence-electron chi connectivity index (χ1n) is 8.45. The monoisotopic (exact) mass is 394 g/mol. The first-order chi connectivity index (χ1) is 12.7. The number of para-hydroxylation sites is 2. The number of nitrogens with one attached hydrogen (secondary N) is 2. The molecule has 26 heavy (non-hydrogen) atoms. The number of nitrogens with zero attached hydrogens (tertiary/aromatic N) is 2. The van der Waals surface area contributed by atoms with E-state index in [4.69, 9.17) is 9.47 Å². The average Bonchev–Trinajstić information content (AvgIpc) is 3.32. The molecule has 1 aromatic heterocycles. The van der Waals surface area contributed by atoms with E-state index in [0.29, 0.717) is 11.7 Å². The summed E-state index contributed by atoms with van der Waals surface area (Å²) in [4.78, 5) is 12.2. The molecule has 9 heteroatoms. The van der Waals surface area contributed by atoms with E-state index in [0.717, 1.165) is 35.2 Å². The molecule has 2 unspecified atom stereocenters. The molecule has 2 N–H and O–H groups in total. The lowest BCUT2D eigenvalue weighted by Gasteiger charge is -2.13. The van der Waals surface area contributed by atoms with Crippen LogP contribution in [-0.2, 0) is 9.53 Å². The number of methoxy groups -OCH3 is 1. The highest BCUT2D eigenvalue weighted by Crippen LogP contribution is 2.33. The number of aromatic nitrogens is 2. The fourth-order valence-corrected chi connectivity index (χ4v) is 4.47. The lowest BCUT2D eigenvalue weighted by Crippen LogP contribution is -2.36. The van der Waals surface area contributed by atoms with Crippen LogP contribution in [0.2, 0.25) is 0 Å². The smallest absolute Gasteiger partial charge is 0.233 e. The lowest BCUT2D eigenvalue weighted by atomic mass is 10.2. The van der Waals surface area contributed by atoms with E-state index in [1.165, 1.54) is 23.1 Å². The fraction of sp³-hybridized carbons (Fsp3) is 0.471. The largest absolute Gasteiger partial charge is 0.495 e. The predicted octanol–water partition coefficient (Wildman–Crippen LogP) is 3.07. The van der Waals surface area contributed by atoms with Crippen molar-refractivity contribution in [1.29, 1.82) is 0 Å². The van der Waals surface area contributed by atoms with E-state index in [1.807, 2.05) is 31.2 Å². The molecule has 0 bridgehead atoms. The molecule has 1 fully saturated rings. The maximum atomic E-state index is 12.2. The maximum absolute atomic E-state index is 12.2. The van der Waals surface area contributed by atoms with Crippen LogP contribution >= 0.6 is 23.1 Å². The molecule has 1 aromatic carbocycles. The Bertz CT molecular complexity index is 734. The molecule has 1 aliphatic heterocycles. The standard InChI is InChI=1S/C17H22N4O3S2/c1-11(15(22)18-10-12-6-5-9-24-12)25-17-21-20-16(26-17)19-13-7-3-4-8-14(13)23-2/h3-4,7-8,11-12H,5-6,9-10H2,1-2H3,(H,18,22)(H,19,20). The van der Waals surface area contributed by atoms with E-state index in [-0.39, 0.29) is 17.3 Å². The van der Waals surface area contributed by atoms with Gasteiger partial charge in [-0.25, -0.2) is 0 Å². The highest BCUT2D eigenvalue weighted by atomic mass is 32.2. The van der Waals surface area contributed by atoms with Gasteiger partial charge < -0.3 is 20.1 Å². The van der Waals surface area contributed by atoms with Crippen LogP contribution in [0.25, 0.3) is 0 Å². The van der Waals surface area contributed by atoms with Crippen LogP contribution < -0.4 is 15.4 Å². The van der Waals surface area contributed by atoms with Gasteiger partial charge in [-0.1, -0.05) is 35.2 Å². The van der Waals surface area contributed by atoms with Gasteiger partial charge in [0, 0.05) is 13.2 Å². The van der Waals surface area contributed by atoms with E-state index < -0.39 is 0 Å². The summed E-state index contributed by atoms with van der Waals surface area (Å²) in [6.45, 7) is 3.22. The van der Waals surface area contributed by atoms with Crippen molar-refractivity contribution in [1.82, 2.24) is 15.5 Å². The summed E-state index contributed by atoms with van der Waals surface area (Å²) in [5, 5.41) is 14.8. The van der Waals surface area contributed by atoms with Gasteiger partial charge in [0.2, 0.25) is 11.0 Å². The zero-order chi connectivity index (χ0) is 18.4. The van der Waals surface area contributed by atoms with Gasteiger partial charge in [-0.15, -0.1) is 10.2 Å². The minimum Gasteiger partial charge on any atom is -0.495 e. The van der Waals surface area contributed by atoms with E-state index in [9.17, 15) is 4.79 Å². The third-order valence-electron chi connectivity index (χ3n) is 3.93. The van der Waals surface area contributed by atoms with Crippen molar-refractivity contribution in [3.63, 3.8) is 0 Å². The molecular formula is C17H22N4O3S2. The fourth-order valence-electron chi connectivity index (χ4n) is 2.54. The number of anilines is 2. The summed E-state index contributed by atoms with van der Waals surface area (Å²) < 4.78 is 11.6. The van der Waals surface area contributed by atoms with Crippen LogP contribution in [0.15, 0.2) is 28.6 Å². The van der Waals surface area contributed by atoms with Crippen molar-refractivity contribution in [3.8, 4) is 5.75 Å². The topological polar surface area (TPSA) is 85.4 Å². The highest BCUT2D eigenvalue weighted by molar-refractivity contribution is 8.02. The SMILES string of the molecule is COc1ccccc1Nc1nnc(SC(C)C(=O)NCC2CCCO2)s1. The molecule has 140 valence electrons. The molecule has 7 nitrogen and oxygen atoms in total. The maximum Gasteiger partial charge on any atom is 0.233 e. The number of benzene rings is 1. The second-order valence-electron chi connectivity index (χ2n) is 5.84. The van der Waals surface area contributed by atoms with Crippen LogP contribution in [0.5, 0.6) is 5.75 Å². The summed E-state index contributed by atoms with van der Waals surface area (Å²) >= 11 is 2.80. The Hall–Kier alpha value is -1.84. The van der Waals surface area contributed by atoms with Crippen molar-refractivity contribution in [3.05, 3.63) is 24.3 Å². The lowest BCUT2D eigenvalue weighted by molar-refractivity contribution is -0.120. The van der Waals surface area contributed by atoms with Crippen molar-refractivity contribution < 1.29 is 14.3 Å². The van der Waals surface area contributed by atoms with Gasteiger partial charge in [0.1, 0.15) is 5.75 Å². The second-order valence-corrected chi connectivity index (χ2v) is 8.40. The predicted molar refractivity (Wildman–Crippen MR) is 103 cm³/mol. The third-order valence-corrected chi connectivity index (χ3v) is 5.95. The number of amides is 1. The molecule has 1 aliphatic rings. The van der Waals surface area contributed by atoms with Crippen LogP contribution in [0.1, 0.15) is 19.8 Å². The van der Waals surface area contributed by atoms with Gasteiger partial charge >= 0.3 is 0 Å². The molecule has 1 amide bonds. The Morgan fingerprint density at radius 1 is 1.46 bits per heavy atom. The number of carbonyl (C=O) groups excluding carboxylic acids is 1. The Morgan fingerprint density at radius 2 is 2.31 bits per heavy atom. The quantitative estimate of drug-likeness (QED) is 0.666. The normalized spacial score (nSPS) is 17.7. The zero-order valence-electron chi connectivity index (χ0n) is 14.7. The number of ether oxygens (including phenoxy) is 2. The molecule has 0 spiro atoms. The number of hydrogen-bond acceptors (Lipinski definition) is 8. The van der Waals surface area contributed by atoms with Gasteiger partial charge in [0.15, 0.2) is 4.34 Å². The van der Waals surface area contributed by atoms with Crippen LogP contribution in [0.4, 0.5) is 10.8 Å². The Balaban J connectivity index is 1.51. The molecule has 0 radical (unpaired) electrons. The second kappa shape index (κ2) is 9.20. The summed E-state index contributed by atoms with van der Waals surface area (Å²) in [5.74, 6) is 0.721. The molecule has 0 aliphatic carbocycles. The summed E-state index contributed by atoms with van der Waals surface area (Å²) in [5.41, 5.74) is 0.824. The number of hydrogen-bond donors (Lipinski definition) is 2. The number of carbonyl (C=O) groups is 1. The van der Waals surface area contributed by atoms with Gasteiger partial charge in [0.25, 0.3) is 0 Å². The molecule has 3 rings (SSSR count). The Labute approximate surface area is 160 Å². The first-order valence-corrected chi connectivity index (χ1v) is 10.1. The van der Waals surface area contributed by atoms with Gasteiger partial charge in [0.05, 0.1) is 24.2 Å². The summed E-state index contributed by atoms with van der Waals surface area (Å²) in [7, 11) is 1.62. The van der Waals surface area contributed by atoms with Crippen molar-refractivity contribution in [2.45, 2.75) is 35.5 Å². The molecule has 2 atom stereocenters. The van der Waals surface area contributed by atoms with Crippen molar-refractivity contribution in [2.24, 2.45) is 0 Å². The minimum atomic E-state index is -0.247.